The van der Waals surface area contributed by atoms with Crippen LogP contribution in [0.15, 0.2) is 45.4 Å². The van der Waals surface area contributed by atoms with Crippen molar-refractivity contribution < 1.29 is 27.9 Å². The Morgan fingerprint density at radius 3 is 2.91 bits per heavy atom. The maximum atomic E-state index is 14.5. The zero-order valence-corrected chi connectivity index (χ0v) is 19.1. The quantitative estimate of drug-likeness (QED) is 0.504. The third kappa shape index (κ3) is 4.24. The molecule has 1 aromatic heterocycles. The number of anilines is 1. The van der Waals surface area contributed by atoms with Crippen LogP contribution in [0.4, 0.5) is 14.5 Å². The normalized spacial score (nSPS) is 23.6. The predicted octanol–water partition coefficient (Wildman–Crippen LogP) is 4.15. The van der Waals surface area contributed by atoms with E-state index in [9.17, 15) is 23.5 Å². The third-order valence-electron chi connectivity index (χ3n) is 5.79. The number of rotatable bonds is 5. The molecular weight excluding hydrogens is 439 g/mol. The summed E-state index contributed by atoms with van der Waals surface area (Å²) in [6, 6.07) is 0.935. The Hall–Kier alpha value is -2.51. The van der Waals surface area contributed by atoms with E-state index in [1.165, 1.54) is 24.1 Å². The molecule has 2 N–H and O–H groups in total. The van der Waals surface area contributed by atoms with Crippen molar-refractivity contribution in [3.05, 3.63) is 52.5 Å². The van der Waals surface area contributed by atoms with Crippen LogP contribution >= 0.6 is 9.24 Å². The van der Waals surface area contributed by atoms with E-state index in [1.807, 2.05) is 15.3 Å². The van der Waals surface area contributed by atoms with Crippen LogP contribution in [0.3, 0.4) is 0 Å². The van der Waals surface area contributed by atoms with Gasteiger partial charge in [0.15, 0.2) is 11.2 Å². The predicted molar refractivity (Wildman–Crippen MR) is 118 cm³/mol. The fraction of sp³-hybridized carbons (Fsp3) is 0.455. The van der Waals surface area contributed by atoms with Crippen LogP contribution in [0.5, 0.6) is 0 Å². The monoisotopic (exact) mass is 465 g/mol. The molecular formula is C22H26F2N3O4P. The Labute approximate surface area is 187 Å². The lowest BCUT2D eigenvalue weighted by Crippen LogP contribution is -2.56. The largest absolute Gasteiger partial charge is 0.510 e. The summed E-state index contributed by atoms with van der Waals surface area (Å²) in [5, 5.41) is 14.5. The second kappa shape index (κ2) is 8.45. The Morgan fingerprint density at radius 1 is 1.47 bits per heavy atom. The van der Waals surface area contributed by atoms with E-state index in [2.05, 4.69) is 5.32 Å². The zero-order chi connectivity index (χ0) is 23.2. The number of aliphatic hydroxyl groups excluding tert-OH is 1. The molecule has 2 amide bonds. The molecule has 10 heteroatoms. The molecule has 0 spiro atoms. The van der Waals surface area contributed by atoms with Gasteiger partial charge in [0.05, 0.1) is 18.3 Å². The highest BCUT2D eigenvalue weighted by molar-refractivity contribution is 7.18. The first-order valence-corrected chi connectivity index (χ1v) is 11.1. The Balaban J connectivity index is 1.64. The molecule has 3 unspecified atom stereocenters. The summed E-state index contributed by atoms with van der Waals surface area (Å²) in [6.45, 7) is 3.50. The Bertz CT molecular complexity index is 1050. The number of hydrogen-bond donors (Lipinski definition) is 2. The SMILES string of the molecule is Cc1cc(NC(=O)C2=C(O)C3CCCN3N(CC3=CCCC(F)=C3)C2=O)c(C(C)(F)P)o1. The fourth-order valence-corrected chi connectivity index (χ4v) is 4.60. The Kier molecular flexibility index (Phi) is 5.98. The van der Waals surface area contributed by atoms with E-state index in [-0.39, 0.29) is 29.6 Å². The van der Waals surface area contributed by atoms with Gasteiger partial charge in [-0.1, -0.05) is 15.3 Å². The number of fused-ring (bicyclic) bond motifs is 1. The summed E-state index contributed by atoms with van der Waals surface area (Å²) in [4.78, 5) is 26.4. The summed E-state index contributed by atoms with van der Waals surface area (Å²) in [5.74, 6) is -1.82. The molecule has 32 heavy (non-hydrogen) atoms. The number of amides is 2. The number of allylic oxidation sites excluding steroid dienone is 2. The van der Waals surface area contributed by atoms with Crippen LogP contribution in [0.2, 0.25) is 0 Å². The molecule has 3 aliphatic rings. The molecule has 172 valence electrons. The van der Waals surface area contributed by atoms with Gasteiger partial charge in [-0.2, -0.15) is 0 Å². The average molecular weight is 465 g/mol. The molecule has 1 aromatic rings. The van der Waals surface area contributed by atoms with Crippen LogP contribution in [0.1, 0.15) is 44.1 Å². The van der Waals surface area contributed by atoms with Crippen molar-refractivity contribution >= 4 is 26.7 Å². The highest BCUT2D eigenvalue weighted by Crippen LogP contribution is 2.40. The lowest BCUT2D eigenvalue weighted by molar-refractivity contribution is -0.149. The van der Waals surface area contributed by atoms with Gasteiger partial charge in [0.2, 0.25) is 0 Å². The van der Waals surface area contributed by atoms with Crippen molar-refractivity contribution in [3.8, 4) is 0 Å². The highest BCUT2D eigenvalue weighted by atomic mass is 31.0. The second-order valence-electron chi connectivity index (χ2n) is 8.48. The molecule has 0 radical (unpaired) electrons. The number of carbonyl (C=O) groups excluding carboxylic acids is 2. The summed E-state index contributed by atoms with van der Waals surface area (Å²) in [6.07, 6.45) is 5.43. The molecule has 0 saturated carbocycles. The van der Waals surface area contributed by atoms with E-state index >= 15 is 0 Å². The van der Waals surface area contributed by atoms with Crippen molar-refractivity contribution in [3.63, 3.8) is 0 Å². The average Bonchev–Trinajstić information content (AvgIpc) is 3.32. The molecule has 0 aromatic carbocycles. The Morgan fingerprint density at radius 2 is 2.22 bits per heavy atom. The fourth-order valence-electron chi connectivity index (χ4n) is 4.38. The van der Waals surface area contributed by atoms with Gasteiger partial charge in [-0.3, -0.25) is 14.6 Å². The van der Waals surface area contributed by atoms with Gasteiger partial charge in [0.25, 0.3) is 11.8 Å². The minimum atomic E-state index is -1.94. The molecule has 2 aliphatic heterocycles. The topological polar surface area (TPSA) is 86.0 Å². The molecule has 0 bridgehead atoms. The van der Waals surface area contributed by atoms with E-state index in [0.29, 0.717) is 37.1 Å². The number of alkyl halides is 1. The summed E-state index contributed by atoms with van der Waals surface area (Å²) < 4.78 is 33.6. The van der Waals surface area contributed by atoms with Gasteiger partial charge < -0.3 is 14.8 Å². The van der Waals surface area contributed by atoms with Crippen LogP contribution in [0.25, 0.3) is 0 Å². The minimum Gasteiger partial charge on any atom is -0.510 e. The van der Waals surface area contributed by atoms with Gasteiger partial charge in [-0.25, -0.2) is 13.8 Å². The number of aryl methyl sites for hydroxylation is 1. The maximum absolute atomic E-state index is 14.5. The lowest BCUT2D eigenvalue weighted by atomic mass is 10.0. The minimum absolute atomic E-state index is 0.0843. The van der Waals surface area contributed by atoms with E-state index in [4.69, 9.17) is 4.42 Å². The number of aliphatic hydroxyl groups is 1. The van der Waals surface area contributed by atoms with Crippen molar-refractivity contribution in [2.75, 3.05) is 18.4 Å². The number of nitrogens with one attached hydrogen (secondary N) is 1. The smallest absolute Gasteiger partial charge is 0.277 e. The van der Waals surface area contributed by atoms with Gasteiger partial charge >= 0.3 is 0 Å². The van der Waals surface area contributed by atoms with Crippen molar-refractivity contribution in [1.82, 2.24) is 10.0 Å². The first-order chi connectivity index (χ1) is 15.1. The molecule has 1 aliphatic carbocycles. The lowest BCUT2D eigenvalue weighted by Gasteiger charge is -2.40. The third-order valence-corrected chi connectivity index (χ3v) is 6.06. The van der Waals surface area contributed by atoms with Gasteiger partial charge in [-0.05, 0) is 44.8 Å². The van der Waals surface area contributed by atoms with E-state index in [0.717, 1.165) is 6.42 Å². The van der Waals surface area contributed by atoms with Crippen LogP contribution in [0, 0.1) is 6.92 Å². The van der Waals surface area contributed by atoms with Crippen molar-refractivity contribution in [2.24, 2.45) is 0 Å². The number of halogens is 2. The van der Waals surface area contributed by atoms with Gasteiger partial charge in [0, 0.05) is 19.0 Å². The number of furan rings is 1. The highest BCUT2D eigenvalue weighted by Gasteiger charge is 2.45. The number of nitrogens with zero attached hydrogens (tertiary/aromatic N) is 2. The number of carbonyl (C=O) groups is 2. The molecule has 1 saturated heterocycles. The summed E-state index contributed by atoms with van der Waals surface area (Å²) in [5.41, 5.74) is 0.321. The molecule has 3 atom stereocenters. The van der Waals surface area contributed by atoms with Crippen LogP contribution < -0.4 is 5.32 Å². The molecule has 4 rings (SSSR count). The molecule has 3 heterocycles. The first kappa shape index (κ1) is 22.7. The second-order valence-corrected chi connectivity index (χ2v) is 9.57. The number of hydrogen-bond acceptors (Lipinski definition) is 5. The molecule has 7 nitrogen and oxygen atoms in total. The van der Waals surface area contributed by atoms with Gasteiger partial charge in [-0.15, -0.1) is 0 Å². The first-order valence-electron chi connectivity index (χ1n) is 10.5. The van der Waals surface area contributed by atoms with E-state index in [1.54, 1.807) is 11.9 Å². The zero-order valence-electron chi connectivity index (χ0n) is 18.0. The van der Waals surface area contributed by atoms with Gasteiger partial charge in [0.1, 0.15) is 22.9 Å². The van der Waals surface area contributed by atoms with E-state index < -0.39 is 28.8 Å². The summed E-state index contributed by atoms with van der Waals surface area (Å²) in [7, 11) is 2.00. The summed E-state index contributed by atoms with van der Waals surface area (Å²) >= 11 is 0. The standard InChI is InChI=1S/C22H26F2N3O4P/c1-12-9-15(19(31-12)22(2,24)32)25-20(29)17-18(28)16-7-4-8-26(16)27(21(17)30)11-13-5-3-6-14(23)10-13/h5,9-10,16,28H,3-4,6-8,11,32H2,1-2H3,(H,25,29). The molecule has 1 fully saturated rings. The van der Waals surface area contributed by atoms with Crippen molar-refractivity contribution in [2.45, 2.75) is 51.0 Å². The van der Waals surface area contributed by atoms with Crippen LogP contribution in [-0.2, 0) is 15.0 Å². The van der Waals surface area contributed by atoms with Crippen LogP contribution in [-0.4, -0.2) is 46.1 Å². The maximum Gasteiger partial charge on any atom is 0.277 e. The number of hydrazine groups is 1. The van der Waals surface area contributed by atoms with Crippen molar-refractivity contribution in [1.29, 1.82) is 0 Å².